The van der Waals surface area contributed by atoms with Gasteiger partial charge in [-0.15, -0.1) is 11.8 Å². The Morgan fingerprint density at radius 3 is 2.65 bits per heavy atom. The molecule has 2 amide bonds. The molecule has 1 aromatic carbocycles. The van der Waals surface area contributed by atoms with E-state index < -0.39 is 12.0 Å². The van der Waals surface area contributed by atoms with Gasteiger partial charge in [0.15, 0.2) is 0 Å². The zero-order valence-electron chi connectivity index (χ0n) is 14.5. The number of carboxylic acids is 1. The molecule has 2 atom stereocenters. The van der Waals surface area contributed by atoms with Crippen molar-refractivity contribution in [3.05, 3.63) is 41.1 Å². The summed E-state index contributed by atoms with van der Waals surface area (Å²) in [6, 6.07) is 6.80. The second-order valence-corrected chi connectivity index (χ2v) is 7.34. The van der Waals surface area contributed by atoms with E-state index in [4.69, 9.17) is 4.74 Å². The van der Waals surface area contributed by atoms with Crippen LogP contribution in [-0.2, 0) is 20.8 Å². The SMILES string of the molecule is COc1ccc(CCC(=O)NC2C(=O)N3C(C(=O)O)=C(C)CSC23)cc1. The van der Waals surface area contributed by atoms with E-state index in [9.17, 15) is 19.5 Å². The molecular formula is C18H20N2O5S. The van der Waals surface area contributed by atoms with Crippen LogP contribution in [0.2, 0.25) is 0 Å². The molecular weight excluding hydrogens is 356 g/mol. The number of ether oxygens (including phenoxy) is 1. The molecule has 2 aliphatic heterocycles. The van der Waals surface area contributed by atoms with Crippen LogP contribution in [0.4, 0.5) is 0 Å². The standard InChI is InChI=1S/C18H20N2O5S/c1-10-9-26-17-14(16(22)20(17)15(10)18(23)24)19-13(21)8-5-11-3-6-12(25-2)7-4-11/h3-4,6-7,14,17H,5,8-9H2,1-2H3,(H,19,21)(H,23,24). The molecule has 0 radical (unpaired) electrons. The topological polar surface area (TPSA) is 95.9 Å². The number of aliphatic carboxylic acids is 1. The summed E-state index contributed by atoms with van der Waals surface area (Å²) in [5.74, 6) is -0.399. The molecule has 1 aromatic rings. The molecule has 8 heteroatoms. The minimum absolute atomic E-state index is 0.0440. The summed E-state index contributed by atoms with van der Waals surface area (Å²) in [5.41, 5.74) is 1.71. The van der Waals surface area contributed by atoms with Crippen molar-refractivity contribution < 1.29 is 24.2 Å². The number of β-lactam (4-membered cyclic amide) rings is 1. The summed E-state index contributed by atoms with van der Waals surface area (Å²) in [4.78, 5) is 37.2. The molecule has 138 valence electrons. The zero-order valence-corrected chi connectivity index (χ0v) is 15.3. The van der Waals surface area contributed by atoms with Gasteiger partial charge in [-0.1, -0.05) is 12.1 Å². The van der Waals surface area contributed by atoms with Gasteiger partial charge in [0.05, 0.1) is 7.11 Å². The Hall–Kier alpha value is -2.48. The number of carbonyl (C=O) groups is 3. The molecule has 2 N–H and O–H groups in total. The highest BCUT2D eigenvalue weighted by Crippen LogP contribution is 2.40. The fraction of sp³-hybridized carbons (Fsp3) is 0.389. The van der Waals surface area contributed by atoms with Gasteiger partial charge in [-0.2, -0.15) is 0 Å². The Morgan fingerprint density at radius 1 is 1.35 bits per heavy atom. The predicted molar refractivity (Wildman–Crippen MR) is 96.7 cm³/mol. The average Bonchev–Trinajstić information content (AvgIpc) is 2.64. The molecule has 0 aromatic heterocycles. The van der Waals surface area contributed by atoms with Crippen molar-refractivity contribution in [1.82, 2.24) is 10.2 Å². The van der Waals surface area contributed by atoms with Crippen LogP contribution in [0.1, 0.15) is 18.9 Å². The molecule has 0 bridgehead atoms. The average molecular weight is 376 g/mol. The third-order valence-corrected chi connectivity index (χ3v) is 5.90. The largest absolute Gasteiger partial charge is 0.497 e. The fourth-order valence-corrected chi connectivity index (χ4v) is 4.36. The molecule has 2 aliphatic rings. The van der Waals surface area contributed by atoms with E-state index in [-0.39, 0.29) is 29.3 Å². The van der Waals surface area contributed by atoms with E-state index in [1.807, 2.05) is 24.3 Å². The maximum Gasteiger partial charge on any atom is 0.352 e. The van der Waals surface area contributed by atoms with Crippen molar-refractivity contribution in [2.45, 2.75) is 31.2 Å². The molecule has 1 saturated heterocycles. The first kappa shape index (κ1) is 18.3. The Labute approximate surface area is 155 Å². The first-order valence-electron chi connectivity index (χ1n) is 8.22. The molecule has 3 rings (SSSR count). The number of amides is 2. The van der Waals surface area contributed by atoms with Gasteiger partial charge in [0, 0.05) is 12.2 Å². The smallest absolute Gasteiger partial charge is 0.352 e. The number of hydrogen-bond donors (Lipinski definition) is 2. The van der Waals surface area contributed by atoms with Gasteiger partial charge < -0.3 is 15.2 Å². The van der Waals surface area contributed by atoms with Crippen LogP contribution < -0.4 is 10.1 Å². The molecule has 2 unspecified atom stereocenters. The van der Waals surface area contributed by atoms with Crippen molar-refractivity contribution in [1.29, 1.82) is 0 Å². The number of methoxy groups -OCH3 is 1. The number of carbonyl (C=O) groups excluding carboxylic acids is 2. The maximum atomic E-state index is 12.3. The number of nitrogens with zero attached hydrogens (tertiary/aromatic N) is 1. The summed E-state index contributed by atoms with van der Waals surface area (Å²) in [6.07, 6.45) is 0.811. The summed E-state index contributed by atoms with van der Waals surface area (Å²) in [6.45, 7) is 1.71. The first-order chi connectivity index (χ1) is 12.4. The third kappa shape index (κ3) is 3.41. The summed E-state index contributed by atoms with van der Waals surface area (Å²) >= 11 is 1.47. The quantitative estimate of drug-likeness (QED) is 0.729. The first-order valence-corrected chi connectivity index (χ1v) is 9.27. The normalized spacial score (nSPS) is 21.8. The monoisotopic (exact) mass is 376 g/mol. The summed E-state index contributed by atoms with van der Waals surface area (Å²) < 4.78 is 5.10. The lowest BCUT2D eigenvalue weighted by Crippen LogP contribution is -2.70. The highest BCUT2D eigenvalue weighted by molar-refractivity contribution is 8.00. The highest BCUT2D eigenvalue weighted by atomic mass is 32.2. The molecule has 1 fully saturated rings. The molecule has 0 saturated carbocycles. The van der Waals surface area contributed by atoms with Gasteiger partial charge in [0.2, 0.25) is 5.91 Å². The minimum atomic E-state index is -1.11. The van der Waals surface area contributed by atoms with Crippen molar-refractivity contribution in [2.75, 3.05) is 12.9 Å². The van der Waals surface area contributed by atoms with Crippen molar-refractivity contribution in [3.63, 3.8) is 0 Å². The number of benzene rings is 1. The van der Waals surface area contributed by atoms with Crippen LogP contribution >= 0.6 is 11.8 Å². The number of carboxylic acid groups (broad SMARTS) is 1. The molecule has 2 heterocycles. The molecule has 0 spiro atoms. The number of rotatable bonds is 6. The Morgan fingerprint density at radius 2 is 2.04 bits per heavy atom. The molecule has 26 heavy (non-hydrogen) atoms. The Kier molecular flexibility index (Phi) is 5.22. The van der Waals surface area contributed by atoms with Crippen molar-refractivity contribution >= 4 is 29.5 Å². The Balaban J connectivity index is 1.56. The van der Waals surface area contributed by atoms with E-state index in [1.54, 1.807) is 14.0 Å². The zero-order chi connectivity index (χ0) is 18.8. The lowest BCUT2D eigenvalue weighted by Gasteiger charge is -2.49. The van der Waals surface area contributed by atoms with E-state index in [0.717, 1.165) is 11.3 Å². The van der Waals surface area contributed by atoms with Crippen LogP contribution in [0.5, 0.6) is 5.75 Å². The van der Waals surface area contributed by atoms with Crippen LogP contribution in [0.3, 0.4) is 0 Å². The summed E-state index contributed by atoms with van der Waals surface area (Å²) in [5, 5.41) is 11.7. The van der Waals surface area contributed by atoms with Crippen LogP contribution in [0, 0.1) is 0 Å². The lowest BCUT2D eigenvalue weighted by atomic mass is 10.0. The highest BCUT2D eigenvalue weighted by Gasteiger charge is 2.53. The maximum absolute atomic E-state index is 12.3. The number of fused-ring (bicyclic) bond motifs is 1. The van der Waals surface area contributed by atoms with E-state index >= 15 is 0 Å². The molecule has 0 aliphatic carbocycles. The molecule has 7 nitrogen and oxygen atoms in total. The fourth-order valence-electron chi connectivity index (χ4n) is 3.07. The van der Waals surface area contributed by atoms with Gasteiger partial charge in [-0.3, -0.25) is 14.5 Å². The van der Waals surface area contributed by atoms with Gasteiger partial charge in [-0.25, -0.2) is 4.79 Å². The lowest BCUT2D eigenvalue weighted by molar-refractivity contribution is -0.150. The van der Waals surface area contributed by atoms with E-state index in [2.05, 4.69) is 5.32 Å². The number of thioether (sulfide) groups is 1. The van der Waals surface area contributed by atoms with Gasteiger partial charge >= 0.3 is 5.97 Å². The predicted octanol–water partition coefficient (Wildman–Crippen LogP) is 1.39. The third-order valence-electron chi connectivity index (χ3n) is 4.48. The van der Waals surface area contributed by atoms with Crippen LogP contribution in [-0.4, -0.2) is 52.1 Å². The second-order valence-electron chi connectivity index (χ2n) is 6.24. The number of nitrogens with one attached hydrogen (secondary N) is 1. The van der Waals surface area contributed by atoms with Gasteiger partial charge in [0.1, 0.15) is 22.9 Å². The van der Waals surface area contributed by atoms with Crippen molar-refractivity contribution in [3.8, 4) is 5.75 Å². The van der Waals surface area contributed by atoms with Gasteiger partial charge in [0.25, 0.3) is 5.91 Å². The van der Waals surface area contributed by atoms with Crippen molar-refractivity contribution in [2.24, 2.45) is 0 Å². The van der Waals surface area contributed by atoms with E-state index in [0.29, 0.717) is 17.7 Å². The Bertz CT molecular complexity index is 774. The summed E-state index contributed by atoms with van der Waals surface area (Å²) in [7, 11) is 1.59. The number of hydrogen-bond acceptors (Lipinski definition) is 5. The van der Waals surface area contributed by atoms with Crippen LogP contribution in [0.25, 0.3) is 0 Å². The minimum Gasteiger partial charge on any atom is -0.497 e. The van der Waals surface area contributed by atoms with Gasteiger partial charge in [-0.05, 0) is 36.6 Å². The van der Waals surface area contributed by atoms with Crippen LogP contribution in [0.15, 0.2) is 35.5 Å². The second kappa shape index (κ2) is 7.41. The van der Waals surface area contributed by atoms with E-state index in [1.165, 1.54) is 16.7 Å². The number of aryl methyl sites for hydroxylation is 1.